The molecule has 0 saturated heterocycles. The Balaban J connectivity index is 1.78. The molecule has 0 unspecified atom stereocenters. The SMILES string of the molecule is COc1ccc(-c2nn(-c3ccccc3)cc2/C=C/S(=O)(=O)c2ccccc2)cc1. The molecule has 0 amide bonds. The van der Waals surface area contributed by atoms with Gasteiger partial charge in [-0.25, -0.2) is 13.1 Å². The molecule has 1 aromatic heterocycles. The maximum Gasteiger partial charge on any atom is 0.199 e. The van der Waals surface area contributed by atoms with Gasteiger partial charge in [-0.15, -0.1) is 0 Å². The minimum absolute atomic E-state index is 0.252. The fourth-order valence-corrected chi connectivity index (χ4v) is 4.07. The summed E-state index contributed by atoms with van der Waals surface area (Å²) >= 11 is 0. The standard InChI is InChI=1S/C24H20N2O3S/c1-29-22-14-12-19(13-15-22)24-20(18-26(25-24)21-8-4-2-5-9-21)16-17-30(27,28)23-10-6-3-7-11-23/h2-18H,1H3/b17-16+. The molecule has 0 bridgehead atoms. The molecular formula is C24H20N2O3S. The summed E-state index contributed by atoms with van der Waals surface area (Å²) < 4.78 is 32.3. The number of benzene rings is 3. The topological polar surface area (TPSA) is 61.2 Å². The Kier molecular flexibility index (Phi) is 5.50. The second-order valence-electron chi connectivity index (χ2n) is 6.60. The van der Waals surface area contributed by atoms with Crippen LogP contribution in [0.1, 0.15) is 5.56 Å². The van der Waals surface area contributed by atoms with E-state index in [1.54, 1.807) is 48.2 Å². The first kappa shape index (κ1) is 19.7. The van der Waals surface area contributed by atoms with Crippen LogP contribution in [0.15, 0.2) is 101 Å². The van der Waals surface area contributed by atoms with Crippen LogP contribution in [0.4, 0.5) is 0 Å². The molecule has 0 aliphatic heterocycles. The Hall–Kier alpha value is -3.64. The summed E-state index contributed by atoms with van der Waals surface area (Å²) in [5.74, 6) is 0.741. The van der Waals surface area contributed by atoms with Crippen LogP contribution in [0.3, 0.4) is 0 Å². The lowest BCUT2D eigenvalue weighted by atomic mass is 10.1. The van der Waals surface area contributed by atoms with Gasteiger partial charge in [0, 0.05) is 22.7 Å². The van der Waals surface area contributed by atoms with Crippen molar-refractivity contribution in [3.8, 4) is 22.7 Å². The molecule has 0 fully saturated rings. The third kappa shape index (κ3) is 4.18. The van der Waals surface area contributed by atoms with Gasteiger partial charge in [0.25, 0.3) is 0 Å². The fourth-order valence-electron chi connectivity index (χ4n) is 3.05. The number of rotatable bonds is 6. The zero-order valence-corrected chi connectivity index (χ0v) is 17.2. The molecular weight excluding hydrogens is 396 g/mol. The monoisotopic (exact) mass is 416 g/mol. The molecule has 4 rings (SSSR count). The minimum Gasteiger partial charge on any atom is -0.497 e. The molecule has 0 N–H and O–H groups in total. The average molecular weight is 417 g/mol. The molecule has 4 aromatic rings. The minimum atomic E-state index is -3.56. The van der Waals surface area contributed by atoms with Crippen LogP contribution in [0, 0.1) is 0 Å². The van der Waals surface area contributed by atoms with E-state index in [2.05, 4.69) is 0 Å². The van der Waals surface area contributed by atoms with Gasteiger partial charge in [-0.1, -0.05) is 36.4 Å². The van der Waals surface area contributed by atoms with Gasteiger partial charge >= 0.3 is 0 Å². The van der Waals surface area contributed by atoms with Crippen molar-refractivity contribution in [1.29, 1.82) is 0 Å². The van der Waals surface area contributed by atoms with Gasteiger partial charge in [0.1, 0.15) is 5.75 Å². The van der Waals surface area contributed by atoms with Gasteiger partial charge in [-0.2, -0.15) is 5.10 Å². The van der Waals surface area contributed by atoms with E-state index in [9.17, 15) is 8.42 Å². The molecule has 6 heteroatoms. The van der Waals surface area contributed by atoms with Crippen molar-refractivity contribution in [2.75, 3.05) is 7.11 Å². The van der Waals surface area contributed by atoms with E-state index in [0.29, 0.717) is 11.3 Å². The maximum atomic E-state index is 12.7. The van der Waals surface area contributed by atoms with Crippen molar-refractivity contribution in [3.63, 3.8) is 0 Å². The van der Waals surface area contributed by atoms with Gasteiger partial charge < -0.3 is 4.74 Å². The zero-order valence-electron chi connectivity index (χ0n) is 16.3. The number of sulfone groups is 1. The molecule has 0 aliphatic rings. The molecule has 1 heterocycles. The average Bonchev–Trinajstić information content (AvgIpc) is 3.23. The molecule has 0 spiro atoms. The summed E-state index contributed by atoms with van der Waals surface area (Å²) in [6.45, 7) is 0. The normalized spacial score (nSPS) is 11.6. The van der Waals surface area contributed by atoms with E-state index in [1.165, 1.54) is 5.41 Å². The Morgan fingerprint density at radius 3 is 2.13 bits per heavy atom. The molecule has 5 nitrogen and oxygen atoms in total. The van der Waals surface area contributed by atoms with Gasteiger partial charge in [-0.05, 0) is 54.6 Å². The largest absolute Gasteiger partial charge is 0.497 e. The molecule has 0 saturated carbocycles. The van der Waals surface area contributed by atoms with Crippen molar-refractivity contribution >= 4 is 15.9 Å². The van der Waals surface area contributed by atoms with Gasteiger partial charge in [0.05, 0.1) is 23.4 Å². The van der Waals surface area contributed by atoms with Gasteiger partial charge in [-0.3, -0.25) is 0 Å². The number of hydrogen-bond acceptors (Lipinski definition) is 4. The van der Waals surface area contributed by atoms with Crippen LogP contribution in [0.2, 0.25) is 0 Å². The molecule has 150 valence electrons. The lowest BCUT2D eigenvalue weighted by Crippen LogP contribution is -1.95. The summed E-state index contributed by atoms with van der Waals surface area (Å²) in [4.78, 5) is 0.252. The Labute approximate surface area is 175 Å². The summed E-state index contributed by atoms with van der Waals surface area (Å²) in [5, 5.41) is 5.93. The van der Waals surface area contributed by atoms with Crippen LogP contribution in [-0.4, -0.2) is 25.3 Å². The molecule has 0 radical (unpaired) electrons. The summed E-state index contributed by atoms with van der Waals surface area (Å²) in [7, 11) is -1.95. The van der Waals surface area contributed by atoms with E-state index >= 15 is 0 Å². The van der Waals surface area contributed by atoms with Crippen molar-refractivity contribution in [1.82, 2.24) is 9.78 Å². The number of aromatic nitrogens is 2. The summed E-state index contributed by atoms with van der Waals surface area (Å²) in [6.07, 6.45) is 3.42. The van der Waals surface area contributed by atoms with E-state index in [4.69, 9.17) is 9.84 Å². The lowest BCUT2D eigenvalue weighted by molar-refractivity contribution is 0.415. The number of hydrogen-bond donors (Lipinski definition) is 0. The first-order valence-electron chi connectivity index (χ1n) is 9.34. The third-order valence-corrected chi connectivity index (χ3v) is 6.05. The van der Waals surface area contributed by atoms with Crippen LogP contribution in [-0.2, 0) is 9.84 Å². The third-order valence-electron chi connectivity index (χ3n) is 4.63. The number of nitrogens with zero attached hydrogens (tertiary/aromatic N) is 2. The smallest absolute Gasteiger partial charge is 0.199 e. The highest BCUT2D eigenvalue weighted by Crippen LogP contribution is 2.27. The van der Waals surface area contributed by atoms with Crippen molar-refractivity contribution in [2.24, 2.45) is 0 Å². The lowest BCUT2D eigenvalue weighted by Gasteiger charge is -2.03. The number of ether oxygens (including phenoxy) is 1. The van der Waals surface area contributed by atoms with Crippen LogP contribution >= 0.6 is 0 Å². The van der Waals surface area contributed by atoms with E-state index < -0.39 is 9.84 Å². The van der Waals surface area contributed by atoms with Crippen molar-refractivity contribution < 1.29 is 13.2 Å². The second kappa shape index (κ2) is 8.39. The van der Waals surface area contributed by atoms with E-state index in [1.807, 2.05) is 60.8 Å². The predicted octanol–water partition coefficient (Wildman–Crippen LogP) is 4.99. The number of para-hydroxylation sites is 1. The van der Waals surface area contributed by atoms with Crippen LogP contribution in [0.5, 0.6) is 5.75 Å². The highest BCUT2D eigenvalue weighted by Gasteiger charge is 2.14. The summed E-state index contributed by atoms with van der Waals surface area (Å²) in [6, 6.07) is 25.5. The second-order valence-corrected chi connectivity index (χ2v) is 8.44. The molecule has 3 aromatic carbocycles. The highest BCUT2D eigenvalue weighted by molar-refractivity contribution is 7.94. The van der Waals surface area contributed by atoms with E-state index in [-0.39, 0.29) is 4.90 Å². The van der Waals surface area contributed by atoms with Gasteiger partial charge in [0.2, 0.25) is 0 Å². The first-order valence-corrected chi connectivity index (χ1v) is 10.9. The van der Waals surface area contributed by atoms with Crippen LogP contribution in [0.25, 0.3) is 23.0 Å². The Bertz CT molecular complexity index is 1260. The number of methoxy groups -OCH3 is 1. The van der Waals surface area contributed by atoms with Crippen molar-refractivity contribution in [2.45, 2.75) is 4.90 Å². The van der Waals surface area contributed by atoms with E-state index in [0.717, 1.165) is 17.0 Å². The summed E-state index contributed by atoms with van der Waals surface area (Å²) in [5.41, 5.74) is 3.13. The first-order chi connectivity index (χ1) is 14.6. The Morgan fingerprint density at radius 1 is 0.867 bits per heavy atom. The molecule has 0 aliphatic carbocycles. The predicted molar refractivity (Wildman–Crippen MR) is 118 cm³/mol. The van der Waals surface area contributed by atoms with Crippen LogP contribution < -0.4 is 4.74 Å². The maximum absolute atomic E-state index is 12.7. The Morgan fingerprint density at radius 2 is 1.50 bits per heavy atom. The molecule has 0 atom stereocenters. The molecule has 30 heavy (non-hydrogen) atoms. The zero-order chi connectivity index (χ0) is 21.0. The van der Waals surface area contributed by atoms with Gasteiger partial charge in [0.15, 0.2) is 9.84 Å². The highest BCUT2D eigenvalue weighted by atomic mass is 32.2. The quantitative estimate of drug-likeness (QED) is 0.444. The van der Waals surface area contributed by atoms with Crippen molar-refractivity contribution in [3.05, 3.63) is 102 Å². The fraction of sp³-hybridized carbons (Fsp3) is 0.0417.